The number of aryl methyl sites for hydroxylation is 1. The zero-order chi connectivity index (χ0) is 10.6. The van der Waals surface area contributed by atoms with E-state index in [2.05, 4.69) is 4.98 Å². The molecule has 2 heteroatoms. The number of nitrogens with zero attached hydrogens (tertiary/aromatic N) is 1. The lowest BCUT2D eigenvalue weighted by Gasteiger charge is -2.09. The van der Waals surface area contributed by atoms with Gasteiger partial charge < -0.3 is 0 Å². The minimum Gasteiger partial charge on any atom is -0.292 e. The monoisotopic (exact) mass is 191 g/mol. The van der Waals surface area contributed by atoms with Gasteiger partial charge in [0.1, 0.15) is 5.69 Å². The van der Waals surface area contributed by atoms with Crippen LogP contribution >= 0.6 is 0 Å². The maximum absolute atomic E-state index is 11.9. The second kappa shape index (κ2) is 4.89. The summed E-state index contributed by atoms with van der Waals surface area (Å²) in [6.45, 7) is 6.05. The van der Waals surface area contributed by atoms with Crippen molar-refractivity contribution >= 4 is 5.78 Å². The normalized spacial score (nSPS) is 10.6. The van der Waals surface area contributed by atoms with Crippen molar-refractivity contribution in [3.8, 4) is 0 Å². The highest BCUT2D eigenvalue weighted by atomic mass is 16.1. The Morgan fingerprint density at radius 1 is 1.36 bits per heavy atom. The third-order valence-corrected chi connectivity index (χ3v) is 2.52. The molecule has 0 unspecified atom stereocenters. The quantitative estimate of drug-likeness (QED) is 0.685. The van der Waals surface area contributed by atoms with Gasteiger partial charge in [0.25, 0.3) is 0 Å². The number of carbonyl (C=O) groups is 1. The van der Waals surface area contributed by atoms with Crippen molar-refractivity contribution in [2.24, 2.45) is 5.92 Å². The fraction of sp³-hybridized carbons (Fsp3) is 0.500. The third kappa shape index (κ3) is 2.41. The summed E-state index contributed by atoms with van der Waals surface area (Å²) >= 11 is 0. The van der Waals surface area contributed by atoms with Gasteiger partial charge in [-0.15, -0.1) is 0 Å². The van der Waals surface area contributed by atoms with Gasteiger partial charge in [-0.1, -0.05) is 19.9 Å². The molecule has 0 aromatic carbocycles. The molecule has 1 rings (SSSR count). The Hall–Kier alpha value is -1.18. The summed E-state index contributed by atoms with van der Waals surface area (Å²) in [7, 11) is 0. The van der Waals surface area contributed by atoms with Crippen LogP contribution in [-0.2, 0) is 0 Å². The van der Waals surface area contributed by atoms with Crippen LogP contribution in [0.15, 0.2) is 18.3 Å². The van der Waals surface area contributed by atoms with Crippen LogP contribution in [0.4, 0.5) is 0 Å². The Morgan fingerprint density at radius 2 is 2.00 bits per heavy atom. The summed E-state index contributed by atoms with van der Waals surface area (Å²) in [6, 6.07) is 3.75. The van der Waals surface area contributed by atoms with Crippen molar-refractivity contribution < 1.29 is 4.79 Å². The van der Waals surface area contributed by atoms with Crippen LogP contribution in [0.2, 0.25) is 0 Å². The maximum atomic E-state index is 11.9. The minimum atomic E-state index is 0.130. The number of carbonyl (C=O) groups excluding carboxylic acids is 1. The molecule has 0 radical (unpaired) electrons. The third-order valence-electron chi connectivity index (χ3n) is 2.52. The Morgan fingerprint density at radius 3 is 2.43 bits per heavy atom. The highest BCUT2D eigenvalue weighted by molar-refractivity contribution is 5.95. The molecule has 0 amide bonds. The fourth-order valence-electron chi connectivity index (χ4n) is 1.48. The molecule has 76 valence electrons. The van der Waals surface area contributed by atoms with Crippen LogP contribution in [0, 0.1) is 12.8 Å². The first-order chi connectivity index (χ1) is 6.69. The van der Waals surface area contributed by atoms with E-state index in [1.165, 1.54) is 0 Å². The number of rotatable bonds is 4. The molecule has 0 bridgehead atoms. The van der Waals surface area contributed by atoms with Gasteiger partial charge in [0.2, 0.25) is 0 Å². The molecule has 0 atom stereocenters. The van der Waals surface area contributed by atoms with Crippen molar-refractivity contribution in [2.75, 3.05) is 0 Å². The Balaban J connectivity index is 2.83. The van der Waals surface area contributed by atoms with Gasteiger partial charge in [0.15, 0.2) is 5.78 Å². The second-order valence-corrected chi connectivity index (χ2v) is 3.60. The summed E-state index contributed by atoms with van der Waals surface area (Å²) in [5.41, 5.74) is 1.69. The van der Waals surface area contributed by atoms with E-state index in [0.29, 0.717) is 5.69 Å². The van der Waals surface area contributed by atoms with Crippen LogP contribution in [0.3, 0.4) is 0 Å². The molecule has 0 aliphatic carbocycles. The number of Topliss-reactive ketones (excluding diaryl/α,β-unsaturated/α-hetero) is 1. The van der Waals surface area contributed by atoms with Gasteiger partial charge in [-0.25, -0.2) is 0 Å². The average molecular weight is 191 g/mol. The zero-order valence-corrected chi connectivity index (χ0v) is 9.08. The topological polar surface area (TPSA) is 30.0 Å². The summed E-state index contributed by atoms with van der Waals surface area (Å²) in [5, 5.41) is 0. The molecule has 14 heavy (non-hydrogen) atoms. The van der Waals surface area contributed by atoms with Crippen LogP contribution in [0.1, 0.15) is 42.7 Å². The molecule has 1 aromatic rings. The molecule has 0 fully saturated rings. The second-order valence-electron chi connectivity index (χ2n) is 3.60. The van der Waals surface area contributed by atoms with E-state index in [0.717, 1.165) is 18.4 Å². The van der Waals surface area contributed by atoms with Crippen LogP contribution in [0.25, 0.3) is 0 Å². The summed E-state index contributed by atoms with van der Waals surface area (Å²) < 4.78 is 0. The van der Waals surface area contributed by atoms with Crippen LogP contribution in [0.5, 0.6) is 0 Å². The highest BCUT2D eigenvalue weighted by Crippen LogP contribution is 2.14. The van der Waals surface area contributed by atoms with E-state index in [-0.39, 0.29) is 11.7 Å². The molecule has 0 saturated carbocycles. The number of ketones is 1. The van der Waals surface area contributed by atoms with Crippen LogP contribution in [-0.4, -0.2) is 10.8 Å². The van der Waals surface area contributed by atoms with E-state index in [4.69, 9.17) is 0 Å². The average Bonchev–Trinajstić information content (AvgIpc) is 2.20. The first-order valence-electron chi connectivity index (χ1n) is 5.15. The van der Waals surface area contributed by atoms with Gasteiger partial charge in [-0.05, 0) is 31.4 Å². The van der Waals surface area contributed by atoms with Crippen molar-refractivity contribution in [3.05, 3.63) is 29.6 Å². The molecule has 2 nitrogen and oxygen atoms in total. The zero-order valence-electron chi connectivity index (χ0n) is 9.08. The minimum absolute atomic E-state index is 0.130. The fourth-order valence-corrected chi connectivity index (χ4v) is 1.48. The maximum Gasteiger partial charge on any atom is 0.184 e. The molecule has 1 aromatic heterocycles. The van der Waals surface area contributed by atoms with E-state index in [1.807, 2.05) is 32.9 Å². The Bertz CT molecular complexity index is 299. The van der Waals surface area contributed by atoms with Gasteiger partial charge in [-0.2, -0.15) is 0 Å². The largest absolute Gasteiger partial charge is 0.292 e. The lowest BCUT2D eigenvalue weighted by Crippen LogP contribution is -2.14. The number of hydrogen-bond donors (Lipinski definition) is 0. The van der Waals surface area contributed by atoms with Crippen molar-refractivity contribution in [1.29, 1.82) is 0 Å². The summed E-state index contributed by atoms with van der Waals surface area (Å²) in [5.74, 6) is 0.306. The van der Waals surface area contributed by atoms with Gasteiger partial charge >= 0.3 is 0 Å². The summed E-state index contributed by atoms with van der Waals surface area (Å²) in [6.07, 6.45) is 3.53. The SMILES string of the molecule is CCC(CC)C(=O)c1ccc(C)cn1. The van der Waals surface area contributed by atoms with E-state index >= 15 is 0 Å². The number of aromatic nitrogens is 1. The molecule has 0 aliphatic rings. The van der Waals surface area contributed by atoms with E-state index in [9.17, 15) is 4.79 Å². The van der Waals surface area contributed by atoms with Crippen molar-refractivity contribution in [1.82, 2.24) is 4.98 Å². The smallest absolute Gasteiger partial charge is 0.184 e. The number of hydrogen-bond acceptors (Lipinski definition) is 2. The molecule has 0 saturated heterocycles. The van der Waals surface area contributed by atoms with E-state index < -0.39 is 0 Å². The number of pyridine rings is 1. The predicted molar refractivity (Wildman–Crippen MR) is 57.4 cm³/mol. The first kappa shape index (κ1) is 10.9. The lowest BCUT2D eigenvalue weighted by atomic mass is 9.96. The van der Waals surface area contributed by atoms with Crippen LogP contribution < -0.4 is 0 Å². The molecule has 1 heterocycles. The molecule has 0 spiro atoms. The Kier molecular flexibility index (Phi) is 3.81. The van der Waals surface area contributed by atoms with Crippen molar-refractivity contribution in [2.45, 2.75) is 33.6 Å². The van der Waals surface area contributed by atoms with Gasteiger partial charge in [0.05, 0.1) is 0 Å². The first-order valence-corrected chi connectivity index (χ1v) is 5.15. The van der Waals surface area contributed by atoms with E-state index in [1.54, 1.807) is 6.20 Å². The standard InChI is InChI=1S/C12H17NO/c1-4-10(5-2)12(14)11-7-6-9(3)8-13-11/h6-8,10H,4-5H2,1-3H3. The highest BCUT2D eigenvalue weighted by Gasteiger charge is 2.16. The Labute approximate surface area is 85.4 Å². The molecular weight excluding hydrogens is 174 g/mol. The van der Waals surface area contributed by atoms with Gasteiger partial charge in [0, 0.05) is 12.1 Å². The van der Waals surface area contributed by atoms with Crippen molar-refractivity contribution in [3.63, 3.8) is 0 Å². The molecule has 0 N–H and O–H groups in total. The molecule has 0 aliphatic heterocycles. The predicted octanol–water partition coefficient (Wildman–Crippen LogP) is 3.01. The lowest BCUT2D eigenvalue weighted by molar-refractivity contribution is 0.0908. The molecular formula is C12H17NO. The summed E-state index contributed by atoms with van der Waals surface area (Å²) in [4.78, 5) is 16.0. The van der Waals surface area contributed by atoms with Gasteiger partial charge in [-0.3, -0.25) is 9.78 Å².